The molecule has 0 bridgehead atoms. The summed E-state index contributed by atoms with van der Waals surface area (Å²) in [7, 11) is 1.64. The Morgan fingerprint density at radius 3 is 2.57 bits per heavy atom. The molecule has 3 aromatic rings. The third-order valence-corrected chi connectivity index (χ3v) is 5.57. The molecule has 3 heterocycles. The summed E-state index contributed by atoms with van der Waals surface area (Å²) < 4.78 is 21.5. The standard InChI is InChI=1S/C20H25FN6O/c1-3-20(21)8-10-26(11-9-20)16-12-23-17-18(22)25-27(19(17)24-16)13-14-4-6-15(28-2)7-5-14/h4-7,12H,3,8-11,13H2,1-2H3,(H2,22,25). The first-order chi connectivity index (χ1) is 13.5. The van der Waals surface area contributed by atoms with Crippen LogP contribution < -0.4 is 15.4 Å². The average molecular weight is 384 g/mol. The van der Waals surface area contributed by atoms with Gasteiger partial charge in [-0.05, 0) is 37.0 Å². The molecule has 1 aliphatic heterocycles. The van der Waals surface area contributed by atoms with Crippen molar-refractivity contribution in [2.75, 3.05) is 30.8 Å². The second-order valence-electron chi connectivity index (χ2n) is 7.28. The maximum Gasteiger partial charge on any atom is 0.181 e. The number of nitrogen functional groups attached to an aromatic ring is 1. The highest BCUT2D eigenvalue weighted by atomic mass is 19.1. The van der Waals surface area contributed by atoms with Gasteiger partial charge in [-0.1, -0.05) is 19.1 Å². The van der Waals surface area contributed by atoms with E-state index in [2.05, 4.69) is 15.0 Å². The zero-order valence-corrected chi connectivity index (χ0v) is 16.2. The predicted octanol–water partition coefficient (Wildman–Crippen LogP) is 3.18. The Morgan fingerprint density at radius 1 is 1.21 bits per heavy atom. The molecule has 2 N–H and O–H groups in total. The third-order valence-electron chi connectivity index (χ3n) is 5.57. The number of anilines is 2. The van der Waals surface area contributed by atoms with Gasteiger partial charge in [0.25, 0.3) is 0 Å². The number of methoxy groups -OCH3 is 1. The van der Waals surface area contributed by atoms with E-state index in [0.717, 1.165) is 17.1 Å². The highest BCUT2D eigenvalue weighted by molar-refractivity contribution is 5.83. The Hall–Kier alpha value is -2.90. The summed E-state index contributed by atoms with van der Waals surface area (Å²) in [5.41, 5.74) is 7.26. The number of nitrogens with two attached hydrogens (primary N) is 1. The fraction of sp³-hybridized carbons (Fsp3) is 0.450. The molecule has 0 spiro atoms. The average Bonchev–Trinajstić information content (AvgIpc) is 3.04. The smallest absolute Gasteiger partial charge is 0.181 e. The number of fused-ring (bicyclic) bond motifs is 1. The fourth-order valence-corrected chi connectivity index (χ4v) is 3.61. The van der Waals surface area contributed by atoms with Crippen molar-refractivity contribution >= 4 is 22.8 Å². The topological polar surface area (TPSA) is 82.1 Å². The van der Waals surface area contributed by atoms with Crippen LogP contribution in [-0.4, -0.2) is 45.6 Å². The van der Waals surface area contributed by atoms with Crippen LogP contribution in [0.2, 0.25) is 0 Å². The lowest BCUT2D eigenvalue weighted by Gasteiger charge is -2.36. The van der Waals surface area contributed by atoms with Gasteiger partial charge >= 0.3 is 0 Å². The van der Waals surface area contributed by atoms with E-state index in [1.54, 1.807) is 18.0 Å². The number of nitrogens with zero attached hydrogens (tertiary/aromatic N) is 5. The molecule has 0 aliphatic carbocycles. The van der Waals surface area contributed by atoms with Gasteiger partial charge in [0.1, 0.15) is 17.2 Å². The van der Waals surface area contributed by atoms with Gasteiger partial charge in [-0.15, -0.1) is 0 Å². The first-order valence-corrected chi connectivity index (χ1v) is 9.57. The zero-order valence-electron chi connectivity index (χ0n) is 16.2. The summed E-state index contributed by atoms with van der Waals surface area (Å²) in [5, 5.41) is 4.41. The summed E-state index contributed by atoms with van der Waals surface area (Å²) in [6, 6.07) is 7.78. The van der Waals surface area contributed by atoms with Gasteiger partial charge < -0.3 is 15.4 Å². The summed E-state index contributed by atoms with van der Waals surface area (Å²) in [4.78, 5) is 11.3. The lowest BCUT2D eigenvalue weighted by Crippen LogP contribution is -2.41. The molecule has 7 nitrogen and oxygen atoms in total. The van der Waals surface area contributed by atoms with Crippen LogP contribution >= 0.6 is 0 Å². The van der Waals surface area contributed by atoms with Gasteiger partial charge in [0.2, 0.25) is 0 Å². The largest absolute Gasteiger partial charge is 0.497 e. The molecule has 1 fully saturated rings. The Morgan fingerprint density at radius 2 is 1.93 bits per heavy atom. The first-order valence-electron chi connectivity index (χ1n) is 9.57. The first kappa shape index (κ1) is 18.5. The molecule has 1 aliphatic rings. The molecular weight excluding hydrogens is 359 g/mol. The molecule has 0 atom stereocenters. The van der Waals surface area contributed by atoms with Crippen LogP contribution in [0, 0.1) is 0 Å². The molecule has 1 aromatic carbocycles. The molecular formula is C20H25FN6O. The Balaban J connectivity index is 1.60. The number of hydrogen-bond acceptors (Lipinski definition) is 6. The molecule has 0 radical (unpaired) electrons. The van der Waals surface area contributed by atoms with Crippen LogP contribution in [0.1, 0.15) is 31.7 Å². The molecule has 4 rings (SSSR count). The van der Waals surface area contributed by atoms with Crippen LogP contribution in [0.4, 0.5) is 16.0 Å². The van der Waals surface area contributed by atoms with E-state index < -0.39 is 5.67 Å². The second-order valence-corrected chi connectivity index (χ2v) is 7.28. The van der Waals surface area contributed by atoms with Crippen LogP contribution in [-0.2, 0) is 6.54 Å². The maximum atomic E-state index is 14.5. The van der Waals surface area contributed by atoms with E-state index in [-0.39, 0.29) is 0 Å². The number of halogens is 1. The number of piperidine rings is 1. The Kier molecular flexibility index (Phi) is 4.78. The van der Waals surface area contributed by atoms with Crippen molar-refractivity contribution in [3.63, 3.8) is 0 Å². The van der Waals surface area contributed by atoms with Gasteiger partial charge in [0, 0.05) is 13.1 Å². The number of hydrogen-bond donors (Lipinski definition) is 1. The molecule has 0 unspecified atom stereocenters. The molecule has 1 saturated heterocycles. The van der Waals surface area contributed by atoms with Crippen LogP contribution in [0.5, 0.6) is 5.75 Å². The van der Waals surface area contributed by atoms with E-state index in [9.17, 15) is 4.39 Å². The summed E-state index contributed by atoms with van der Waals surface area (Å²) in [6.45, 7) is 3.69. The molecule has 8 heteroatoms. The summed E-state index contributed by atoms with van der Waals surface area (Å²) in [6.07, 6.45) is 3.28. The van der Waals surface area contributed by atoms with E-state index >= 15 is 0 Å². The molecule has 28 heavy (non-hydrogen) atoms. The van der Waals surface area contributed by atoms with Crippen LogP contribution in [0.3, 0.4) is 0 Å². The summed E-state index contributed by atoms with van der Waals surface area (Å²) >= 11 is 0. The van der Waals surface area contributed by atoms with Crippen LogP contribution in [0.15, 0.2) is 30.5 Å². The Bertz CT molecular complexity index is 963. The SMILES string of the molecule is CCC1(F)CCN(c2cnc3c(N)nn(Cc4ccc(OC)cc4)c3n2)CC1. The minimum atomic E-state index is -1.06. The van der Waals surface area contributed by atoms with E-state index in [1.807, 2.05) is 31.2 Å². The molecule has 0 amide bonds. The van der Waals surface area contributed by atoms with E-state index in [1.165, 1.54) is 0 Å². The van der Waals surface area contributed by atoms with Gasteiger partial charge in [-0.2, -0.15) is 5.10 Å². The summed E-state index contributed by atoms with van der Waals surface area (Å²) in [5.74, 6) is 1.90. The number of benzene rings is 1. The van der Waals surface area contributed by atoms with Crippen molar-refractivity contribution in [1.82, 2.24) is 19.7 Å². The fourth-order valence-electron chi connectivity index (χ4n) is 3.61. The molecule has 2 aromatic heterocycles. The van der Waals surface area contributed by atoms with E-state index in [0.29, 0.717) is 55.9 Å². The number of rotatable bonds is 5. The third kappa shape index (κ3) is 3.46. The normalized spacial score (nSPS) is 16.5. The van der Waals surface area contributed by atoms with Crippen molar-refractivity contribution < 1.29 is 9.13 Å². The Labute approximate surface area is 163 Å². The van der Waals surface area contributed by atoms with Gasteiger partial charge in [-0.3, -0.25) is 0 Å². The van der Waals surface area contributed by atoms with Crippen LogP contribution in [0.25, 0.3) is 11.2 Å². The van der Waals surface area contributed by atoms with Gasteiger partial charge in [0.05, 0.1) is 19.9 Å². The minimum Gasteiger partial charge on any atom is -0.497 e. The molecule has 0 saturated carbocycles. The molecule has 148 valence electrons. The van der Waals surface area contributed by atoms with Crippen molar-refractivity contribution in [3.05, 3.63) is 36.0 Å². The highest BCUT2D eigenvalue weighted by Crippen LogP contribution is 2.32. The van der Waals surface area contributed by atoms with Gasteiger partial charge in [0.15, 0.2) is 17.0 Å². The maximum absolute atomic E-state index is 14.5. The lowest BCUT2D eigenvalue weighted by atomic mass is 9.91. The predicted molar refractivity (Wildman–Crippen MR) is 107 cm³/mol. The monoisotopic (exact) mass is 384 g/mol. The number of aromatic nitrogens is 4. The number of alkyl halides is 1. The van der Waals surface area contributed by atoms with Crippen molar-refractivity contribution in [2.24, 2.45) is 0 Å². The number of ether oxygens (including phenoxy) is 1. The van der Waals surface area contributed by atoms with Crippen molar-refractivity contribution in [2.45, 2.75) is 38.4 Å². The van der Waals surface area contributed by atoms with Gasteiger partial charge in [-0.25, -0.2) is 19.0 Å². The van der Waals surface area contributed by atoms with E-state index in [4.69, 9.17) is 15.5 Å². The quantitative estimate of drug-likeness (QED) is 0.728. The highest BCUT2D eigenvalue weighted by Gasteiger charge is 2.33. The van der Waals surface area contributed by atoms with Crippen molar-refractivity contribution in [1.29, 1.82) is 0 Å². The lowest BCUT2D eigenvalue weighted by molar-refractivity contribution is 0.120. The zero-order chi connectivity index (χ0) is 19.7. The minimum absolute atomic E-state index is 0.356. The van der Waals surface area contributed by atoms with Crippen molar-refractivity contribution in [3.8, 4) is 5.75 Å². The second kappa shape index (κ2) is 7.26.